The minimum absolute atomic E-state index is 0.573. The topological polar surface area (TPSA) is 0 Å². The number of rotatable bonds is 5. The number of hydrogen-bond donors (Lipinski definition) is 0. The van der Waals surface area contributed by atoms with E-state index in [0.717, 1.165) is 6.42 Å². The van der Waals surface area contributed by atoms with Gasteiger partial charge < -0.3 is 0 Å². The average Bonchev–Trinajstić information content (AvgIpc) is 3.04. The standard InChI is InChI=1S/C26H31.Zr/c1-3-20-11-13-22(14-12-20)24-10-8-9-23-17-21(18-25(23)24)19-26(4-2)15-6-5-7-16-26;/h8-14,17-18H,3-7,15-16,19H2,1-2H3;. The molecule has 0 heterocycles. The summed E-state index contributed by atoms with van der Waals surface area (Å²) in [5.74, 6) is 0. The van der Waals surface area contributed by atoms with Gasteiger partial charge in [0.25, 0.3) is 0 Å². The predicted octanol–water partition coefficient (Wildman–Crippen LogP) is 7.65. The van der Waals surface area contributed by atoms with Crippen molar-refractivity contribution in [1.29, 1.82) is 0 Å². The zero-order chi connectivity index (χ0) is 18.9. The summed E-state index contributed by atoms with van der Waals surface area (Å²) in [5, 5.41) is 0. The molecule has 0 radical (unpaired) electrons. The maximum atomic E-state index is 2.57. The molecule has 0 saturated heterocycles. The Morgan fingerprint density at radius 3 is 2.37 bits per heavy atom. The monoisotopic (exact) mass is 433 g/mol. The first-order valence-corrected chi connectivity index (χ1v) is 12.2. The fraction of sp³-hybridized carbons (Fsp3) is 0.462. The second kappa shape index (κ2) is 8.20. The molecule has 2 aromatic carbocycles. The first kappa shape index (κ1) is 19.4. The van der Waals surface area contributed by atoms with E-state index in [0.29, 0.717) is 9.04 Å². The van der Waals surface area contributed by atoms with Gasteiger partial charge in [0, 0.05) is 0 Å². The molecule has 0 amide bonds. The molecule has 1 fully saturated rings. The fourth-order valence-corrected chi connectivity index (χ4v) is 6.25. The zero-order valence-corrected chi connectivity index (χ0v) is 19.3. The van der Waals surface area contributed by atoms with Crippen LogP contribution < -0.4 is 0 Å². The first-order chi connectivity index (χ1) is 13.2. The van der Waals surface area contributed by atoms with Crippen molar-refractivity contribution in [2.24, 2.45) is 5.41 Å². The molecule has 2 aliphatic carbocycles. The van der Waals surface area contributed by atoms with Gasteiger partial charge in [-0.15, -0.1) is 0 Å². The second-order valence-electron chi connectivity index (χ2n) is 8.60. The Balaban J connectivity index is 1.67. The van der Waals surface area contributed by atoms with Gasteiger partial charge in [0.1, 0.15) is 0 Å². The summed E-state index contributed by atoms with van der Waals surface area (Å²) < 4.78 is 0.660. The summed E-state index contributed by atoms with van der Waals surface area (Å²) in [6, 6.07) is 16.2. The number of benzene rings is 2. The molecule has 0 aliphatic heterocycles. The van der Waals surface area contributed by atoms with Gasteiger partial charge in [-0.2, -0.15) is 0 Å². The SMILES string of the molecule is CCc1ccc(-c2cccc3c2C=C(CC2(CC)CCCCC2)[CH]3[Zr])cc1. The van der Waals surface area contributed by atoms with Crippen LogP contribution in [0.15, 0.2) is 48.0 Å². The van der Waals surface area contributed by atoms with Gasteiger partial charge in [-0.05, 0) is 0 Å². The van der Waals surface area contributed by atoms with Crippen LogP contribution in [-0.2, 0) is 31.1 Å². The zero-order valence-electron chi connectivity index (χ0n) is 16.9. The molecule has 1 unspecified atom stereocenters. The summed E-state index contributed by atoms with van der Waals surface area (Å²) in [5.41, 5.74) is 9.57. The van der Waals surface area contributed by atoms with Gasteiger partial charge in [0.2, 0.25) is 0 Å². The average molecular weight is 435 g/mol. The van der Waals surface area contributed by atoms with Crippen LogP contribution in [0.3, 0.4) is 0 Å². The Morgan fingerprint density at radius 1 is 0.963 bits per heavy atom. The van der Waals surface area contributed by atoms with E-state index < -0.39 is 0 Å². The van der Waals surface area contributed by atoms with Crippen molar-refractivity contribution in [3.8, 4) is 11.1 Å². The van der Waals surface area contributed by atoms with Gasteiger partial charge in [-0.25, -0.2) is 0 Å². The molecule has 0 spiro atoms. The molecule has 0 bridgehead atoms. The van der Waals surface area contributed by atoms with Gasteiger partial charge >= 0.3 is 181 Å². The molecule has 27 heavy (non-hydrogen) atoms. The number of allylic oxidation sites excluding steroid dienone is 1. The molecule has 1 heteroatoms. The van der Waals surface area contributed by atoms with Gasteiger partial charge in [-0.3, -0.25) is 0 Å². The second-order valence-corrected chi connectivity index (χ2v) is 10.0. The van der Waals surface area contributed by atoms with Crippen molar-refractivity contribution in [3.63, 3.8) is 0 Å². The quantitative estimate of drug-likeness (QED) is 0.453. The Hall–Kier alpha value is -0.937. The number of hydrogen-bond acceptors (Lipinski definition) is 0. The van der Waals surface area contributed by atoms with E-state index in [1.807, 2.05) is 0 Å². The third-order valence-electron chi connectivity index (χ3n) is 7.07. The van der Waals surface area contributed by atoms with Crippen molar-refractivity contribution >= 4 is 6.08 Å². The van der Waals surface area contributed by atoms with E-state index in [1.54, 1.807) is 35.9 Å². The van der Waals surface area contributed by atoms with Crippen LogP contribution in [0.1, 0.15) is 79.1 Å². The van der Waals surface area contributed by atoms with Crippen molar-refractivity contribution in [2.45, 2.75) is 68.8 Å². The van der Waals surface area contributed by atoms with E-state index >= 15 is 0 Å². The predicted molar refractivity (Wildman–Crippen MR) is 112 cm³/mol. The van der Waals surface area contributed by atoms with E-state index in [4.69, 9.17) is 0 Å². The summed E-state index contributed by atoms with van der Waals surface area (Å²) in [7, 11) is 0. The molecule has 4 rings (SSSR count). The van der Waals surface area contributed by atoms with Crippen LogP contribution >= 0.6 is 0 Å². The maximum absolute atomic E-state index is 2.57. The summed E-state index contributed by atoms with van der Waals surface area (Å²) in [6.07, 6.45) is 13.5. The minimum atomic E-state index is 0.573. The summed E-state index contributed by atoms with van der Waals surface area (Å²) in [4.78, 5) is 0. The van der Waals surface area contributed by atoms with Crippen LogP contribution in [0.2, 0.25) is 0 Å². The third kappa shape index (κ3) is 3.82. The Labute approximate surface area is 180 Å². The molecule has 0 aromatic heterocycles. The molecular formula is C26H31Zr. The molecule has 1 saturated carbocycles. The van der Waals surface area contributed by atoms with Gasteiger partial charge in [0.05, 0.1) is 0 Å². The van der Waals surface area contributed by atoms with Crippen LogP contribution in [0, 0.1) is 5.41 Å². The van der Waals surface area contributed by atoms with Crippen molar-refractivity contribution in [2.75, 3.05) is 0 Å². The first-order valence-electron chi connectivity index (χ1n) is 10.8. The fourth-order valence-electron chi connectivity index (χ4n) is 5.18. The summed E-state index contributed by atoms with van der Waals surface area (Å²) >= 11 is 1.65. The molecule has 139 valence electrons. The van der Waals surface area contributed by atoms with E-state index in [-0.39, 0.29) is 0 Å². The molecular weight excluding hydrogens is 404 g/mol. The van der Waals surface area contributed by atoms with Crippen LogP contribution in [0.5, 0.6) is 0 Å². The Kier molecular flexibility index (Phi) is 5.89. The molecule has 2 aliphatic rings. The molecule has 2 aromatic rings. The van der Waals surface area contributed by atoms with Crippen molar-refractivity contribution in [1.82, 2.24) is 0 Å². The molecule has 1 atom stereocenters. The molecule has 0 N–H and O–H groups in total. The third-order valence-corrected chi connectivity index (χ3v) is 8.74. The van der Waals surface area contributed by atoms with E-state index in [2.05, 4.69) is 62.4 Å². The Bertz CT molecular complexity index is 822. The van der Waals surface area contributed by atoms with Crippen molar-refractivity contribution in [3.05, 3.63) is 64.7 Å². The Morgan fingerprint density at radius 2 is 1.70 bits per heavy atom. The number of fused-ring (bicyclic) bond motifs is 1. The van der Waals surface area contributed by atoms with Crippen molar-refractivity contribution < 1.29 is 24.7 Å². The van der Waals surface area contributed by atoms with Gasteiger partial charge in [0.15, 0.2) is 0 Å². The normalized spacial score (nSPS) is 20.9. The molecule has 0 nitrogen and oxygen atoms in total. The van der Waals surface area contributed by atoms with Crippen LogP contribution in [-0.4, -0.2) is 0 Å². The van der Waals surface area contributed by atoms with Gasteiger partial charge in [-0.1, -0.05) is 0 Å². The van der Waals surface area contributed by atoms with E-state index in [9.17, 15) is 0 Å². The van der Waals surface area contributed by atoms with E-state index in [1.165, 1.54) is 67.2 Å². The van der Waals surface area contributed by atoms with Crippen LogP contribution in [0.4, 0.5) is 0 Å². The summed E-state index contributed by atoms with van der Waals surface area (Å²) in [6.45, 7) is 4.65. The van der Waals surface area contributed by atoms with Crippen LogP contribution in [0.25, 0.3) is 17.2 Å². The number of aryl methyl sites for hydroxylation is 1.